The largest absolute Gasteiger partial charge is 0.454 e. The maximum atomic E-state index is 12.4. The van der Waals surface area contributed by atoms with Crippen LogP contribution in [0.1, 0.15) is 23.3 Å². The first-order valence-electron chi connectivity index (χ1n) is 8.30. The summed E-state index contributed by atoms with van der Waals surface area (Å²) in [6.07, 6.45) is 4.02. The van der Waals surface area contributed by atoms with Crippen molar-refractivity contribution in [3.63, 3.8) is 0 Å². The van der Waals surface area contributed by atoms with Crippen molar-refractivity contribution in [2.45, 2.75) is 18.9 Å². The predicted molar refractivity (Wildman–Crippen MR) is 92.2 cm³/mol. The van der Waals surface area contributed by atoms with E-state index in [2.05, 4.69) is 15.6 Å². The molecule has 1 aromatic carbocycles. The Morgan fingerprint density at radius 1 is 1.16 bits per heavy atom. The van der Waals surface area contributed by atoms with Crippen molar-refractivity contribution < 1.29 is 19.0 Å². The highest BCUT2D eigenvalue weighted by molar-refractivity contribution is 6.03. The number of fused-ring (bicyclic) bond motifs is 1. The van der Waals surface area contributed by atoms with Crippen LogP contribution < -0.4 is 20.1 Å². The van der Waals surface area contributed by atoms with Crippen LogP contribution in [-0.2, 0) is 4.74 Å². The molecule has 0 saturated carbocycles. The molecule has 7 nitrogen and oxygen atoms in total. The Morgan fingerprint density at radius 2 is 2.08 bits per heavy atom. The zero-order valence-electron chi connectivity index (χ0n) is 13.7. The second-order valence-corrected chi connectivity index (χ2v) is 5.97. The van der Waals surface area contributed by atoms with E-state index in [1.54, 1.807) is 30.5 Å². The molecule has 2 aliphatic heterocycles. The van der Waals surface area contributed by atoms with Crippen molar-refractivity contribution in [2.24, 2.45) is 0 Å². The number of benzene rings is 1. The molecule has 7 heteroatoms. The summed E-state index contributed by atoms with van der Waals surface area (Å²) in [5.74, 6) is 1.02. The number of ether oxygens (including phenoxy) is 3. The maximum Gasteiger partial charge on any atom is 0.274 e. The normalized spacial score (nSPS) is 18.2. The van der Waals surface area contributed by atoms with Gasteiger partial charge in [0.05, 0.1) is 6.10 Å². The zero-order valence-corrected chi connectivity index (χ0v) is 13.7. The molecule has 1 aromatic heterocycles. The van der Waals surface area contributed by atoms with Crippen LogP contribution in [0, 0.1) is 0 Å². The summed E-state index contributed by atoms with van der Waals surface area (Å²) in [4.78, 5) is 16.6. The molecule has 2 N–H and O–H groups in total. The van der Waals surface area contributed by atoms with E-state index in [1.165, 1.54) is 0 Å². The Morgan fingerprint density at radius 3 is 2.96 bits per heavy atom. The number of hydrogen-bond acceptors (Lipinski definition) is 6. The van der Waals surface area contributed by atoms with Crippen LogP contribution in [0.4, 0.5) is 11.4 Å². The molecule has 0 bridgehead atoms. The van der Waals surface area contributed by atoms with Gasteiger partial charge in [0.2, 0.25) is 6.79 Å². The van der Waals surface area contributed by atoms with Gasteiger partial charge in [0.1, 0.15) is 5.69 Å². The Hall–Kier alpha value is -2.80. The highest BCUT2D eigenvalue weighted by Gasteiger charge is 2.17. The van der Waals surface area contributed by atoms with E-state index in [4.69, 9.17) is 14.2 Å². The first-order chi connectivity index (χ1) is 12.3. The second kappa shape index (κ2) is 6.98. The zero-order chi connectivity index (χ0) is 17.1. The minimum atomic E-state index is -0.278. The van der Waals surface area contributed by atoms with E-state index in [9.17, 15) is 4.79 Å². The van der Waals surface area contributed by atoms with Crippen LogP contribution in [0.3, 0.4) is 0 Å². The van der Waals surface area contributed by atoms with Gasteiger partial charge in [-0.25, -0.2) is 0 Å². The minimum Gasteiger partial charge on any atom is -0.454 e. The molecule has 0 radical (unpaired) electrons. The fourth-order valence-corrected chi connectivity index (χ4v) is 2.87. The third-order valence-corrected chi connectivity index (χ3v) is 4.18. The maximum absolute atomic E-state index is 12.4. The molecule has 3 heterocycles. The van der Waals surface area contributed by atoms with E-state index in [1.807, 2.05) is 6.07 Å². The average Bonchev–Trinajstić information content (AvgIpc) is 3.31. The quantitative estimate of drug-likeness (QED) is 0.870. The third-order valence-electron chi connectivity index (χ3n) is 4.18. The lowest BCUT2D eigenvalue weighted by atomic mass is 10.2. The Bertz CT molecular complexity index is 775. The molecule has 0 spiro atoms. The Kier molecular flexibility index (Phi) is 4.39. The van der Waals surface area contributed by atoms with Crippen LogP contribution in [0.2, 0.25) is 0 Å². The van der Waals surface area contributed by atoms with Gasteiger partial charge >= 0.3 is 0 Å². The molecule has 2 aliphatic rings. The smallest absolute Gasteiger partial charge is 0.274 e. The van der Waals surface area contributed by atoms with E-state index >= 15 is 0 Å². The lowest BCUT2D eigenvalue weighted by Gasteiger charge is -2.12. The monoisotopic (exact) mass is 341 g/mol. The van der Waals surface area contributed by atoms with Gasteiger partial charge in [0, 0.05) is 36.8 Å². The summed E-state index contributed by atoms with van der Waals surface area (Å²) in [7, 11) is 0. The standard InChI is InChI=1S/C18H19N3O4/c22-18(21-13-3-4-16-17(9-13)25-11-24-16)15-8-12(5-6-19-15)20-10-14-2-1-7-23-14/h3-6,8-9,14H,1-2,7,10-11H2,(H,19,20)(H,21,22). The van der Waals surface area contributed by atoms with Gasteiger partial charge in [-0.2, -0.15) is 0 Å². The van der Waals surface area contributed by atoms with Crippen molar-refractivity contribution in [3.05, 3.63) is 42.2 Å². The number of carbonyl (C=O) groups excluding carboxylic acids is 1. The molecule has 130 valence electrons. The summed E-state index contributed by atoms with van der Waals surface area (Å²) in [6.45, 7) is 1.76. The van der Waals surface area contributed by atoms with E-state index in [0.717, 1.165) is 31.7 Å². The fraction of sp³-hybridized carbons (Fsp3) is 0.333. The third kappa shape index (κ3) is 3.66. The van der Waals surface area contributed by atoms with Crippen LogP contribution in [0.15, 0.2) is 36.5 Å². The molecular weight excluding hydrogens is 322 g/mol. The van der Waals surface area contributed by atoms with Crippen LogP contribution in [-0.4, -0.2) is 36.9 Å². The summed E-state index contributed by atoms with van der Waals surface area (Å²) < 4.78 is 16.2. The summed E-state index contributed by atoms with van der Waals surface area (Å²) >= 11 is 0. The number of nitrogens with zero attached hydrogens (tertiary/aromatic N) is 1. The minimum absolute atomic E-state index is 0.201. The number of anilines is 2. The molecule has 4 rings (SSSR count). The number of pyridine rings is 1. The molecule has 1 unspecified atom stereocenters. The fourth-order valence-electron chi connectivity index (χ4n) is 2.87. The second-order valence-electron chi connectivity index (χ2n) is 5.97. The summed E-state index contributed by atoms with van der Waals surface area (Å²) in [6, 6.07) is 8.85. The molecule has 2 aromatic rings. The van der Waals surface area contributed by atoms with E-state index in [0.29, 0.717) is 22.9 Å². The first-order valence-corrected chi connectivity index (χ1v) is 8.30. The molecule has 1 amide bonds. The van der Waals surface area contributed by atoms with E-state index in [-0.39, 0.29) is 18.8 Å². The van der Waals surface area contributed by atoms with Gasteiger partial charge < -0.3 is 24.8 Å². The number of aromatic nitrogens is 1. The lowest BCUT2D eigenvalue weighted by Crippen LogP contribution is -2.19. The van der Waals surface area contributed by atoms with Gasteiger partial charge in [0.25, 0.3) is 5.91 Å². The number of carbonyl (C=O) groups is 1. The number of rotatable bonds is 5. The Balaban J connectivity index is 1.40. The van der Waals surface area contributed by atoms with Crippen molar-refractivity contribution in [1.82, 2.24) is 4.98 Å². The number of hydrogen-bond donors (Lipinski definition) is 2. The topological polar surface area (TPSA) is 81.7 Å². The summed E-state index contributed by atoms with van der Waals surface area (Å²) in [5.41, 5.74) is 1.82. The van der Waals surface area contributed by atoms with Crippen molar-refractivity contribution in [3.8, 4) is 11.5 Å². The molecule has 1 atom stereocenters. The summed E-state index contributed by atoms with van der Waals surface area (Å²) in [5, 5.41) is 6.12. The molecule has 1 saturated heterocycles. The molecule has 1 fully saturated rings. The predicted octanol–water partition coefficient (Wildman–Crippen LogP) is 2.65. The highest BCUT2D eigenvalue weighted by Crippen LogP contribution is 2.34. The van der Waals surface area contributed by atoms with Crippen molar-refractivity contribution in [1.29, 1.82) is 0 Å². The van der Waals surface area contributed by atoms with Crippen LogP contribution >= 0.6 is 0 Å². The van der Waals surface area contributed by atoms with Gasteiger partial charge in [-0.15, -0.1) is 0 Å². The van der Waals surface area contributed by atoms with Gasteiger partial charge in [0.15, 0.2) is 11.5 Å². The average molecular weight is 341 g/mol. The number of amides is 1. The van der Waals surface area contributed by atoms with Gasteiger partial charge in [-0.05, 0) is 37.1 Å². The number of nitrogens with one attached hydrogen (secondary N) is 2. The highest BCUT2D eigenvalue weighted by atomic mass is 16.7. The molecule has 25 heavy (non-hydrogen) atoms. The Labute approximate surface area is 145 Å². The first kappa shape index (κ1) is 15.7. The lowest BCUT2D eigenvalue weighted by molar-refractivity contribution is 0.102. The van der Waals surface area contributed by atoms with Crippen LogP contribution in [0.25, 0.3) is 0 Å². The van der Waals surface area contributed by atoms with Gasteiger partial charge in [-0.1, -0.05) is 0 Å². The van der Waals surface area contributed by atoms with Gasteiger partial charge in [-0.3, -0.25) is 9.78 Å². The SMILES string of the molecule is O=C(Nc1ccc2c(c1)OCO2)c1cc(NCC2CCCO2)ccn1. The van der Waals surface area contributed by atoms with Crippen molar-refractivity contribution in [2.75, 3.05) is 30.6 Å². The van der Waals surface area contributed by atoms with Crippen LogP contribution in [0.5, 0.6) is 11.5 Å². The molecular formula is C18H19N3O4. The van der Waals surface area contributed by atoms with E-state index < -0.39 is 0 Å². The van der Waals surface area contributed by atoms with Crippen molar-refractivity contribution >= 4 is 17.3 Å². The molecule has 0 aliphatic carbocycles.